The Kier molecular flexibility index (Phi) is 9.28. The predicted octanol–water partition coefficient (Wildman–Crippen LogP) is 3.72. The number of hydrogen-bond donors (Lipinski definition) is 3. The maximum absolute atomic E-state index is 12.7. The maximum atomic E-state index is 12.7. The van der Waals surface area contributed by atoms with E-state index in [1.807, 2.05) is 38.1 Å². The number of aliphatic carboxylic acids is 1. The number of carboxylic acid groups (broad SMARTS) is 1. The van der Waals surface area contributed by atoms with Gasteiger partial charge >= 0.3 is 5.97 Å². The molecule has 3 rings (SSSR count). The molecular weight excluding hydrogens is 414 g/mol. The van der Waals surface area contributed by atoms with Crippen LogP contribution in [0.2, 0.25) is 0 Å². The van der Waals surface area contributed by atoms with Crippen molar-refractivity contribution in [3.05, 3.63) is 36.4 Å². The zero-order chi connectivity index (χ0) is 23.0. The number of fused-ring (bicyclic) bond motifs is 1. The number of anilines is 1. The van der Waals surface area contributed by atoms with Crippen LogP contribution in [0.15, 0.2) is 41.3 Å². The Bertz CT molecular complexity index is 970. The van der Waals surface area contributed by atoms with Crippen LogP contribution in [0.3, 0.4) is 0 Å². The van der Waals surface area contributed by atoms with Crippen molar-refractivity contribution in [1.82, 2.24) is 4.72 Å². The zero-order valence-corrected chi connectivity index (χ0v) is 19.5. The second kappa shape index (κ2) is 11.5. The van der Waals surface area contributed by atoms with E-state index in [4.69, 9.17) is 5.73 Å². The van der Waals surface area contributed by atoms with Crippen molar-refractivity contribution in [2.24, 2.45) is 5.73 Å². The number of hydrogen-bond acceptors (Lipinski definition) is 5. The summed E-state index contributed by atoms with van der Waals surface area (Å²) < 4.78 is 27.8. The van der Waals surface area contributed by atoms with Gasteiger partial charge in [-0.3, -0.25) is 4.79 Å². The van der Waals surface area contributed by atoms with Crippen molar-refractivity contribution in [1.29, 1.82) is 0 Å². The standard InChI is InChI=1S/C17H22N2O4S.C6H13N/c1-4-7-14(17(20)21)18-24(22,23)16-11-6-8-12-13(16)9-5-10-15(12)19(2)3;7-6-4-2-1-3-5-6/h5-6,8-11,14,18H,4,7H2,1-3H3,(H,20,21);6H,1-5,7H2. The molecule has 0 radical (unpaired) electrons. The van der Waals surface area contributed by atoms with E-state index in [0.717, 1.165) is 11.1 Å². The second-order valence-corrected chi connectivity index (χ2v) is 9.90. The van der Waals surface area contributed by atoms with Gasteiger partial charge in [-0.05, 0) is 31.4 Å². The molecule has 0 spiro atoms. The Morgan fingerprint density at radius 2 is 1.74 bits per heavy atom. The first-order chi connectivity index (χ1) is 14.7. The molecule has 2 aromatic rings. The summed E-state index contributed by atoms with van der Waals surface area (Å²) in [5, 5.41) is 10.6. The molecule has 1 aliphatic rings. The van der Waals surface area contributed by atoms with Crippen LogP contribution in [0.25, 0.3) is 10.8 Å². The largest absolute Gasteiger partial charge is 0.480 e. The number of carbonyl (C=O) groups is 1. The molecule has 0 aliphatic heterocycles. The Hall–Kier alpha value is -2.16. The normalized spacial score (nSPS) is 15.7. The van der Waals surface area contributed by atoms with E-state index >= 15 is 0 Å². The Morgan fingerprint density at radius 1 is 1.13 bits per heavy atom. The summed E-state index contributed by atoms with van der Waals surface area (Å²) in [6, 6.07) is 9.84. The minimum atomic E-state index is -3.95. The molecule has 2 aromatic carbocycles. The molecule has 172 valence electrons. The van der Waals surface area contributed by atoms with Crippen molar-refractivity contribution >= 4 is 32.5 Å². The summed E-state index contributed by atoms with van der Waals surface area (Å²) in [7, 11) is -0.175. The monoisotopic (exact) mass is 449 g/mol. The fourth-order valence-electron chi connectivity index (χ4n) is 3.80. The number of nitrogens with one attached hydrogen (secondary N) is 1. The average Bonchev–Trinajstić information content (AvgIpc) is 2.73. The van der Waals surface area contributed by atoms with Gasteiger partial charge in [-0.1, -0.05) is 56.9 Å². The van der Waals surface area contributed by atoms with Gasteiger partial charge in [0.1, 0.15) is 6.04 Å². The molecule has 1 aliphatic carbocycles. The van der Waals surface area contributed by atoms with Crippen molar-refractivity contribution in [3.8, 4) is 0 Å². The van der Waals surface area contributed by atoms with Gasteiger partial charge < -0.3 is 15.7 Å². The van der Waals surface area contributed by atoms with E-state index in [0.29, 0.717) is 17.8 Å². The van der Waals surface area contributed by atoms with Gasteiger partial charge in [0, 0.05) is 36.6 Å². The highest BCUT2D eigenvalue weighted by Crippen LogP contribution is 2.30. The number of rotatable bonds is 7. The Morgan fingerprint density at radius 3 is 2.26 bits per heavy atom. The lowest BCUT2D eigenvalue weighted by Crippen LogP contribution is -2.40. The van der Waals surface area contributed by atoms with Crippen LogP contribution in [0, 0.1) is 0 Å². The van der Waals surface area contributed by atoms with E-state index in [1.54, 1.807) is 18.2 Å². The van der Waals surface area contributed by atoms with Crippen LogP contribution in [-0.4, -0.2) is 45.7 Å². The molecule has 31 heavy (non-hydrogen) atoms. The number of carboxylic acids is 1. The quantitative estimate of drug-likeness (QED) is 0.594. The van der Waals surface area contributed by atoms with Crippen LogP contribution in [0.4, 0.5) is 5.69 Å². The topological polar surface area (TPSA) is 113 Å². The van der Waals surface area contributed by atoms with Crippen molar-refractivity contribution < 1.29 is 18.3 Å². The number of nitrogens with two attached hydrogens (primary N) is 1. The summed E-state index contributed by atoms with van der Waals surface area (Å²) >= 11 is 0. The summed E-state index contributed by atoms with van der Waals surface area (Å²) in [6.45, 7) is 1.81. The molecule has 4 N–H and O–H groups in total. The average molecular weight is 450 g/mol. The van der Waals surface area contributed by atoms with Gasteiger partial charge in [0.15, 0.2) is 0 Å². The Labute approximate surface area is 185 Å². The number of sulfonamides is 1. The van der Waals surface area contributed by atoms with Crippen LogP contribution in [-0.2, 0) is 14.8 Å². The molecule has 1 fully saturated rings. The van der Waals surface area contributed by atoms with E-state index in [2.05, 4.69) is 4.72 Å². The van der Waals surface area contributed by atoms with Crippen molar-refractivity contribution in [2.75, 3.05) is 19.0 Å². The molecule has 0 amide bonds. The minimum Gasteiger partial charge on any atom is -0.480 e. The maximum Gasteiger partial charge on any atom is 0.321 e. The predicted molar refractivity (Wildman–Crippen MR) is 126 cm³/mol. The van der Waals surface area contributed by atoms with E-state index in [-0.39, 0.29) is 11.3 Å². The highest BCUT2D eigenvalue weighted by atomic mass is 32.2. The second-order valence-electron chi connectivity index (χ2n) is 8.22. The third-order valence-electron chi connectivity index (χ3n) is 5.45. The minimum absolute atomic E-state index is 0.0889. The third kappa shape index (κ3) is 6.92. The van der Waals surface area contributed by atoms with E-state index < -0.39 is 22.0 Å². The van der Waals surface area contributed by atoms with Crippen LogP contribution in [0.1, 0.15) is 51.9 Å². The van der Waals surface area contributed by atoms with Gasteiger partial charge in [-0.25, -0.2) is 8.42 Å². The van der Waals surface area contributed by atoms with Gasteiger partial charge in [0.2, 0.25) is 10.0 Å². The van der Waals surface area contributed by atoms with Gasteiger partial charge in [-0.2, -0.15) is 4.72 Å². The van der Waals surface area contributed by atoms with E-state index in [1.165, 1.54) is 38.2 Å². The molecule has 7 nitrogen and oxygen atoms in total. The van der Waals surface area contributed by atoms with Crippen molar-refractivity contribution in [2.45, 2.75) is 68.8 Å². The first-order valence-electron chi connectivity index (χ1n) is 10.9. The van der Waals surface area contributed by atoms with Crippen molar-refractivity contribution in [3.63, 3.8) is 0 Å². The summed E-state index contributed by atoms with van der Waals surface area (Å²) in [5.74, 6) is -1.17. The van der Waals surface area contributed by atoms with Gasteiger partial charge in [-0.15, -0.1) is 0 Å². The molecule has 8 heteroatoms. The summed E-state index contributed by atoms with van der Waals surface area (Å²) in [4.78, 5) is 13.3. The fraction of sp³-hybridized carbons (Fsp3) is 0.522. The van der Waals surface area contributed by atoms with Gasteiger partial charge in [0.25, 0.3) is 0 Å². The zero-order valence-electron chi connectivity index (χ0n) is 18.7. The van der Waals surface area contributed by atoms with Crippen LogP contribution in [0.5, 0.6) is 0 Å². The third-order valence-corrected chi connectivity index (χ3v) is 6.98. The fourth-order valence-corrected chi connectivity index (χ4v) is 5.24. The summed E-state index contributed by atoms with van der Waals surface area (Å²) in [6.07, 6.45) is 7.47. The number of benzene rings is 2. The first-order valence-corrected chi connectivity index (χ1v) is 12.4. The highest BCUT2D eigenvalue weighted by Gasteiger charge is 2.26. The molecule has 0 saturated heterocycles. The van der Waals surface area contributed by atoms with E-state index in [9.17, 15) is 18.3 Å². The molecular formula is C23H35N3O4S. The molecule has 1 unspecified atom stereocenters. The Balaban J connectivity index is 0.000000412. The highest BCUT2D eigenvalue weighted by molar-refractivity contribution is 7.89. The number of nitrogens with zero attached hydrogens (tertiary/aromatic N) is 1. The smallest absolute Gasteiger partial charge is 0.321 e. The SMILES string of the molecule is CCCC(NS(=O)(=O)c1cccc2c(N(C)C)cccc12)C(=O)O.NC1CCCCC1. The lowest BCUT2D eigenvalue weighted by atomic mass is 9.97. The molecule has 0 heterocycles. The molecule has 0 bridgehead atoms. The van der Waals surface area contributed by atoms with Gasteiger partial charge in [0.05, 0.1) is 4.90 Å². The van der Waals surface area contributed by atoms with Crippen LogP contribution < -0.4 is 15.4 Å². The first kappa shape index (κ1) is 25.1. The molecule has 1 atom stereocenters. The van der Waals surface area contributed by atoms with Crippen LogP contribution >= 0.6 is 0 Å². The molecule has 1 saturated carbocycles. The summed E-state index contributed by atoms with van der Waals surface area (Å²) in [5.41, 5.74) is 6.53. The molecule has 0 aromatic heterocycles. The lowest BCUT2D eigenvalue weighted by molar-refractivity contribution is -0.139. The lowest BCUT2D eigenvalue weighted by Gasteiger charge is -2.18.